The van der Waals surface area contributed by atoms with Gasteiger partial charge >= 0.3 is 0 Å². The first kappa shape index (κ1) is 15.6. The van der Waals surface area contributed by atoms with Gasteiger partial charge in [0, 0.05) is 21.9 Å². The third-order valence-electron chi connectivity index (χ3n) is 4.34. The van der Waals surface area contributed by atoms with Crippen molar-refractivity contribution in [2.24, 2.45) is 0 Å². The highest BCUT2D eigenvalue weighted by Gasteiger charge is 2.17. The van der Waals surface area contributed by atoms with Crippen molar-refractivity contribution in [2.45, 2.75) is 29.6 Å². The molecule has 24 heavy (non-hydrogen) atoms. The van der Waals surface area contributed by atoms with Gasteiger partial charge in [-0.2, -0.15) is 5.10 Å². The molecule has 1 aliphatic rings. The molecule has 2 aromatic heterocycles. The van der Waals surface area contributed by atoms with E-state index in [1.54, 1.807) is 18.6 Å². The van der Waals surface area contributed by atoms with Gasteiger partial charge in [-0.05, 0) is 42.5 Å². The highest BCUT2D eigenvalue weighted by molar-refractivity contribution is 14.1. The summed E-state index contributed by atoms with van der Waals surface area (Å²) in [5.41, 5.74) is 5.89. The van der Waals surface area contributed by atoms with Crippen molar-refractivity contribution in [2.75, 3.05) is 5.32 Å². The molecule has 4 rings (SSSR count). The maximum Gasteiger partial charge on any atom is 0.227 e. The minimum Gasteiger partial charge on any atom is -0.321 e. The Bertz CT molecular complexity index is 831. The first-order valence-electron chi connectivity index (χ1n) is 8.16. The molecule has 2 N–H and O–H groups in total. The zero-order chi connectivity index (χ0) is 16.4. The minimum absolute atomic E-state index is 0.579. The van der Waals surface area contributed by atoms with E-state index in [1.807, 2.05) is 6.07 Å². The number of nitrogens with one attached hydrogen (secondary N) is 2. The van der Waals surface area contributed by atoms with Gasteiger partial charge in [0.05, 0.1) is 17.6 Å². The summed E-state index contributed by atoms with van der Waals surface area (Å²) in [6.45, 7) is 0. The second-order valence-corrected chi connectivity index (χ2v) is 7.51. The predicted octanol–water partition coefficient (Wildman–Crippen LogP) is 4.81. The Labute approximate surface area is 154 Å². The molecule has 0 spiro atoms. The molecule has 0 saturated heterocycles. The molecule has 6 heteroatoms. The second kappa shape index (κ2) is 6.88. The summed E-state index contributed by atoms with van der Waals surface area (Å²) in [6.07, 6.45) is 10.3. The molecule has 1 aliphatic carbocycles. The fourth-order valence-electron chi connectivity index (χ4n) is 3.11. The van der Waals surface area contributed by atoms with Crippen molar-refractivity contribution in [1.82, 2.24) is 20.2 Å². The number of aryl methyl sites for hydroxylation is 1. The number of benzene rings is 1. The maximum absolute atomic E-state index is 4.64. The summed E-state index contributed by atoms with van der Waals surface area (Å²) in [5.74, 6) is 0.579. The van der Waals surface area contributed by atoms with E-state index in [0.717, 1.165) is 23.4 Å². The number of nitrogens with zero attached hydrogens (tertiary/aromatic N) is 3. The van der Waals surface area contributed by atoms with Crippen molar-refractivity contribution < 1.29 is 0 Å². The number of aromatic amines is 1. The third kappa shape index (κ3) is 3.28. The molecule has 0 radical (unpaired) electrons. The largest absolute Gasteiger partial charge is 0.321 e. The van der Waals surface area contributed by atoms with Gasteiger partial charge in [0.1, 0.15) is 0 Å². The Morgan fingerprint density at radius 3 is 3.04 bits per heavy atom. The van der Waals surface area contributed by atoms with Gasteiger partial charge in [-0.1, -0.05) is 41.1 Å². The van der Waals surface area contributed by atoms with Gasteiger partial charge in [-0.25, -0.2) is 9.97 Å². The van der Waals surface area contributed by atoms with Gasteiger partial charge < -0.3 is 5.32 Å². The molecule has 0 bridgehead atoms. The van der Waals surface area contributed by atoms with E-state index in [1.165, 1.54) is 30.4 Å². The molecule has 0 saturated carbocycles. The van der Waals surface area contributed by atoms with Crippen molar-refractivity contribution in [1.29, 1.82) is 0 Å². The van der Waals surface area contributed by atoms with Gasteiger partial charge in [-0.15, -0.1) is 0 Å². The van der Waals surface area contributed by atoms with E-state index in [9.17, 15) is 0 Å². The van der Waals surface area contributed by atoms with Crippen LogP contribution in [0.25, 0.3) is 11.3 Å². The average Bonchev–Trinajstić information content (AvgIpc) is 3.04. The fraction of sp³-hybridized carbons (Fsp3) is 0.278. The van der Waals surface area contributed by atoms with Crippen LogP contribution in [-0.2, 0) is 6.42 Å². The Morgan fingerprint density at radius 2 is 2.17 bits per heavy atom. The molecule has 5 nitrogen and oxygen atoms in total. The topological polar surface area (TPSA) is 66.5 Å². The number of hydrogen-bond donors (Lipinski definition) is 2. The molecule has 0 fully saturated rings. The summed E-state index contributed by atoms with van der Waals surface area (Å²) >= 11 is 2.57. The summed E-state index contributed by atoms with van der Waals surface area (Å²) in [5, 5.41) is 9.85. The highest BCUT2D eigenvalue weighted by atomic mass is 127. The van der Waals surface area contributed by atoms with Crippen LogP contribution in [-0.4, -0.2) is 20.2 Å². The summed E-state index contributed by atoms with van der Waals surface area (Å²) < 4.78 is 0.623. The molecule has 0 aliphatic heterocycles. The Kier molecular flexibility index (Phi) is 4.46. The predicted molar refractivity (Wildman–Crippen MR) is 104 cm³/mol. The normalized spacial score (nSPS) is 17.1. The first-order valence-corrected chi connectivity index (χ1v) is 9.40. The molecular formula is C18H18IN5. The van der Waals surface area contributed by atoms with Crippen LogP contribution >= 0.6 is 22.6 Å². The van der Waals surface area contributed by atoms with Crippen LogP contribution in [0, 0.1) is 0 Å². The maximum atomic E-state index is 4.64. The number of aromatic nitrogens is 4. The minimum atomic E-state index is 0.579. The molecule has 122 valence electrons. The SMILES string of the molecule is IC1CCCCc2cc(-c3ccnc(Nc4cn[nH]c4)n3)ccc21. The Balaban J connectivity index is 1.65. The van der Waals surface area contributed by atoms with Crippen LogP contribution in [0.15, 0.2) is 42.9 Å². The lowest BCUT2D eigenvalue weighted by atomic mass is 9.99. The van der Waals surface area contributed by atoms with E-state index in [-0.39, 0.29) is 0 Å². The fourth-order valence-corrected chi connectivity index (χ4v) is 4.16. The Morgan fingerprint density at radius 1 is 1.21 bits per heavy atom. The van der Waals surface area contributed by atoms with Crippen molar-refractivity contribution in [3.8, 4) is 11.3 Å². The molecule has 1 aromatic carbocycles. The van der Waals surface area contributed by atoms with Crippen LogP contribution in [0.3, 0.4) is 0 Å². The quantitative estimate of drug-likeness (QED) is 0.355. The molecule has 0 amide bonds. The lowest BCUT2D eigenvalue weighted by Gasteiger charge is -2.13. The Hall–Kier alpha value is -1.96. The average molecular weight is 431 g/mol. The van der Waals surface area contributed by atoms with Gasteiger partial charge in [0.2, 0.25) is 5.95 Å². The number of H-pyrrole nitrogens is 1. The van der Waals surface area contributed by atoms with Gasteiger partial charge in [-0.3, -0.25) is 5.10 Å². The summed E-state index contributed by atoms with van der Waals surface area (Å²) in [4.78, 5) is 8.93. The molecule has 3 aromatic rings. The van der Waals surface area contributed by atoms with Crippen LogP contribution in [0.5, 0.6) is 0 Å². The second-order valence-electron chi connectivity index (χ2n) is 6.00. The van der Waals surface area contributed by atoms with Crippen LogP contribution in [0.1, 0.15) is 34.3 Å². The summed E-state index contributed by atoms with van der Waals surface area (Å²) in [6, 6.07) is 8.72. The standard InChI is InChI=1S/C18H18IN5/c19-16-4-2-1-3-12-9-13(5-6-15(12)16)17-7-8-20-18(24-17)23-14-10-21-22-11-14/h5-11,16H,1-4H2,(H,21,22)(H,20,23,24). The van der Waals surface area contributed by atoms with E-state index in [2.05, 4.69) is 66.3 Å². The third-order valence-corrected chi connectivity index (χ3v) is 5.63. The smallest absolute Gasteiger partial charge is 0.227 e. The van der Waals surface area contributed by atoms with Crippen LogP contribution in [0.4, 0.5) is 11.6 Å². The van der Waals surface area contributed by atoms with Crippen molar-refractivity contribution >= 4 is 34.2 Å². The molecular weight excluding hydrogens is 413 g/mol. The number of hydrogen-bond acceptors (Lipinski definition) is 4. The van der Waals surface area contributed by atoms with Crippen molar-refractivity contribution in [3.63, 3.8) is 0 Å². The van der Waals surface area contributed by atoms with E-state index in [4.69, 9.17) is 0 Å². The van der Waals surface area contributed by atoms with E-state index in [0.29, 0.717) is 9.87 Å². The highest BCUT2D eigenvalue weighted by Crippen LogP contribution is 2.37. The van der Waals surface area contributed by atoms with Crippen molar-refractivity contribution in [3.05, 3.63) is 54.0 Å². The molecule has 1 unspecified atom stereocenters. The number of halogens is 1. The lowest BCUT2D eigenvalue weighted by Crippen LogP contribution is -1.98. The lowest BCUT2D eigenvalue weighted by molar-refractivity contribution is 0.713. The van der Waals surface area contributed by atoms with Crippen LogP contribution < -0.4 is 5.32 Å². The molecule has 1 atom stereocenters. The zero-order valence-corrected chi connectivity index (χ0v) is 15.3. The van der Waals surface area contributed by atoms with Crippen LogP contribution in [0.2, 0.25) is 0 Å². The number of rotatable bonds is 3. The van der Waals surface area contributed by atoms with E-state index >= 15 is 0 Å². The number of alkyl halides is 1. The summed E-state index contributed by atoms with van der Waals surface area (Å²) in [7, 11) is 0. The zero-order valence-electron chi connectivity index (χ0n) is 13.2. The number of fused-ring (bicyclic) bond motifs is 1. The van der Waals surface area contributed by atoms with Gasteiger partial charge in [0.25, 0.3) is 0 Å². The van der Waals surface area contributed by atoms with Gasteiger partial charge in [0.15, 0.2) is 0 Å². The monoisotopic (exact) mass is 431 g/mol. The van der Waals surface area contributed by atoms with E-state index < -0.39 is 0 Å². The molecule has 2 heterocycles. The first-order chi connectivity index (χ1) is 11.8. The number of anilines is 2.